The van der Waals surface area contributed by atoms with Crippen molar-refractivity contribution in [3.05, 3.63) is 0 Å². The summed E-state index contributed by atoms with van der Waals surface area (Å²) in [6.07, 6.45) is 2.27. The summed E-state index contributed by atoms with van der Waals surface area (Å²) in [7, 11) is 0. The smallest absolute Gasteiger partial charge is 0.0558 e. The highest BCUT2D eigenvalue weighted by molar-refractivity contribution is 7.80. The van der Waals surface area contributed by atoms with Crippen LogP contribution in [0.5, 0.6) is 0 Å². The van der Waals surface area contributed by atoms with Gasteiger partial charge in [0.15, 0.2) is 0 Å². The van der Waals surface area contributed by atoms with E-state index in [4.69, 9.17) is 5.11 Å². The molecule has 0 aromatic heterocycles. The average molecular weight is 177 g/mol. The normalized spacial score (nSPS) is 10.9. The zero-order chi connectivity index (χ0) is 8.53. The van der Waals surface area contributed by atoms with E-state index in [1.165, 1.54) is 0 Å². The van der Waals surface area contributed by atoms with E-state index in [2.05, 4.69) is 24.5 Å². The van der Waals surface area contributed by atoms with E-state index in [9.17, 15) is 0 Å². The second-order valence-electron chi connectivity index (χ2n) is 2.64. The van der Waals surface area contributed by atoms with E-state index in [-0.39, 0.29) is 6.61 Å². The summed E-state index contributed by atoms with van der Waals surface area (Å²) >= 11 is 4.14. The Hall–Kier alpha value is 0.270. The first kappa shape index (κ1) is 11.3. The number of hydrogen-bond acceptors (Lipinski definition) is 3. The lowest BCUT2D eigenvalue weighted by Crippen LogP contribution is -2.28. The van der Waals surface area contributed by atoms with Crippen molar-refractivity contribution in [1.29, 1.82) is 0 Å². The van der Waals surface area contributed by atoms with Crippen molar-refractivity contribution >= 4 is 12.6 Å². The van der Waals surface area contributed by atoms with Crippen LogP contribution in [0, 0.1) is 0 Å². The first-order valence-corrected chi connectivity index (χ1v) is 4.92. The van der Waals surface area contributed by atoms with Gasteiger partial charge < -0.3 is 10.0 Å². The lowest BCUT2D eigenvalue weighted by molar-refractivity contribution is 0.196. The Morgan fingerprint density at radius 2 is 2.00 bits per heavy atom. The Balaban J connectivity index is 3.34. The summed E-state index contributed by atoms with van der Waals surface area (Å²) in [6.45, 7) is 5.39. The molecule has 0 bridgehead atoms. The van der Waals surface area contributed by atoms with Gasteiger partial charge in [-0.1, -0.05) is 6.92 Å². The summed E-state index contributed by atoms with van der Waals surface area (Å²) in [5, 5.41) is 8.70. The van der Waals surface area contributed by atoms with Gasteiger partial charge in [0.25, 0.3) is 0 Å². The zero-order valence-corrected chi connectivity index (χ0v) is 8.19. The molecule has 68 valence electrons. The molecule has 11 heavy (non-hydrogen) atoms. The highest BCUT2D eigenvalue weighted by Crippen LogP contribution is 1.94. The summed E-state index contributed by atoms with van der Waals surface area (Å²) < 4.78 is 0. The van der Waals surface area contributed by atoms with E-state index >= 15 is 0 Å². The minimum atomic E-state index is 0.270. The van der Waals surface area contributed by atoms with Crippen LogP contribution >= 0.6 is 12.6 Å². The number of hydrogen-bond donors (Lipinski definition) is 2. The van der Waals surface area contributed by atoms with Crippen molar-refractivity contribution in [3.63, 3.8) is 0 Å². The van der Waals surface area contributed by atoms with Gasteiger partial charge >= 0.3 is 0 Å². The van der Waals surface area contributed by atoms with Gasteiger partial charge in [0, 0.05) is 6.54 Å². The van der Waals surface area contributed by atoms with Gasteiger partial charge in [0.05, 0.1) is 6.61 Å². The molecule has 0 saturated heterocycles. The maximum absolute atomic E-state index is 8.70. The Bertz CT molecular complexity index is 74.5. The van der Waals surface area contributed by atoms with Gasteiger partial charge in [-0.05, 0) is 31.7 Å². The maximum atomic E-state index is 8.70. The quantitative estimate of drug-likeness (QED) is 0.567. The van der Waals surface area contributed by atoms with Crippen molar-refractivity contribution in [1.82, 2.24) is 4.90 Å². The molecule has 0 aliphatic heterocycles. The van der Waals surface area contributed by atoms with E-state index < -0.39 is 0 Å². The monoisotopic (exact) mass is 177 g/mol. The van der Waals surface area contributed by atoms with Crippen LogP contribution in [0.3, 0.4) is 0 Å². The average Bonchev–Trinajstić information content (AvgIpc) is 2.01. The second-order valence-corrected chi connectivity index (χ2v) is 3.09. The topological polar surface area (TPSA) is 23.5 Å². The molecule has 0 unspecified atom stereocenters. The minimum absolute atomic E-state index is 0.270. The third-order valence-corrected chi connectivity index (χ3v) is 1.90. The fraction of sp³-hybridized carbons (Fsp3) is 1.00. The van der Waals surface area contributed by atoms with E-state index in [0.717, 1.165) is 38.2 Å². The Labute approximate surface area is 75.0 Å². The van der Waals surface area contributed by atoms with E-state index in [1.807, 2.05) is 0 Å². The Morgan fingerprint density at radius 3 is 2.45 bits per heavy atom. The molecule has 0 aromatic carbocycles. The van der Waals surface area contributed by atoms with Crippen molar-refractivity contribution in [2.24, 2.45) is 0 Å². The van der Waals surface area contributed by atoms with Gasteiger partial charge in [0.1, 0.15) is 0 Å². The number of rotatable bonds is 7. The Morgan fingerprint density at radius 1 is 1.27 bits per heavy atom. The molecule has 1 N–H and O–H groups in total. The highest BCUT2D eigenvalue weighted by atomic mass is 32.1. The van der Waals surface area contributed by atoms with E-state index in [0.29, 0.717) is 0 Å². The van der Waals surface area contributed by atoms with Gasteiger partial charge in [0.2, 0.25) is 0 Å². The van der Waals surface area contributed by atoms with Crippen LogP contribution < -0.4 is 0 Å². The first-order chi connectivity index (χ1) is 5.35. The van der Waals surface area contributed by atoms with Crippen LogP contribution in [0.1, 0.15) is 19.8 Å². The van der Waals surface area contributed by atoms with Crippen molar-refractivity contribution in [2.75, 3.05) is 32.0 Å². The lowest BCUT2D eigenvalue weighted by Gasteiger charge is -2.19. The van der Waals surface area contributed by atoms with Crippen LogP contribution in [0.2, 0.25) is 0 Å². The minimum Gasteiger partial charge on any atom is -0.395 e. The zero-order valence-electron chi connectivity index (χ0n) is 7.29. The molecule has 0 atom stereocenters. The molecule has 0 radical (unpaired) electrons. The van der Waals surface area contributed by atoms with Crippen molar-refractivity contribution in [3.8, 4) is 0 Å². The summed E-state index contributed by atoms with van der Waals surface area (Å²) in [5.74, 6) is 0.936. The van der Waals surface area contributed by atoms with Crippen molar-refractivity contribution < 1.29 is 5.11 Å². The van der Waals surface area contributed by atoms with Gasteiger partial charge in [-0.25, -0.2) is 0 Å². The Kier molecular flexibility index (Phi) is 8.57. The SMILES string of the molecule is CCCN(CCO)CCCS. The molecule has 0 amide bonds. The molecule has 0 aromatic rings. The van der Waals surface area contributed by atoms with Gasteiger partial charge in [-0.15, -0.1) is 0 Å². The largest absolute Gasteiger partial charge is 0.395 e. The third-order valence-electron chi connectivity index (χ3n) is 1.59. The van der Waals surface area contributed by atoms with Crippen LogP contribution in [0.4, 0.5) is 0 Å². The molecular formula is C8H19NOS. The highest BCUT2D eigenvalue weighted by Gasteiger charge is 2.00. The van der Waals surface area contributed by atoms with Crippen molar-refractivity contribution in [2.45, 2.75) is 19.8 Å². The standard InChI is InChI=1S/C8H19NOS/c1-2-4-9(6-7-10)5-3-8-11/h10-11H,2-8H2,1H3. The van der Waals surface area contributed by atoms with Crippen LogP contribution in [0.25, 0.3) is 0 Å². The summed E-state index contributed by atoms with van der Waals surface area (Å²) in [4.78, 5) is 2.27. The van der Waals surface area contributed by atoms with Crippen LogP contribution in [0.15, 0.2) is 0 Å². The molecule has 0 rings (SSSR count). The number of aliphatic hydroxyl groups is 1. The molecular weight excluding hydrogens is 158 g/mol. The predicted octanol–water partition coefficient (Wildman–Crippen LogP) is 1.01. The van der Waals surface area contributed by atoms with Crippen LogP contribution in [-0.4, -0.2) is 42.0 Å². The van der Waals surface area contributed by atoms with E-state index in [1.54, 1.807) is 0 Å². The fourth-order valence-corrected chi connectivity index (χ4v) is 1.23. The number of nitrogens with zero attached hydrogens (tertiary/aromatic N) is 1. The third kappa shape index (κ3) is 6.66. The summed E-state index contributed by atoms with van der Waals surface area (Å²) in [5.41, 5.74) is 0. The van der Waals surface area contributed by atoms with Gasteiger partial charge in [-0.2, -0.15) is 12.6 Å². The van der Waals surface area contributed by atoms with Crippen LogP contribution in [-0.2, 0) is 0 Å². The molecule has 0 heterocycles. The molecule has 0 fully saturated rings. The molecule has 0 aliphatic carbocycles. The van der Waals surface area contributed by atoms with Gasteiger partial charge in [-0.3, -0.25) is 0 Å². The first-order valence-electron chi connectivity index (χ1n) is 4.29. The predicted molar refractivity (Wildman–Crippen MR) is 52.3 cm³/mol. The molecule has 3 heteroatoms. The lowest BCUT2D eigenvalue weighted by atomic mass is 10.3. The molecule has 2 nitrogen and oxygen atoms in total. The maximum Gasteiger partial charge on any atom is 0.0558 e. The second kappa shape index (κ2) is 8.37. The molecule has 0 saturated carbocycles. The summed E-state index contributed by atoms with van der Waals surface area (Å²) in [6, 6.07) is 0. The number of thiol groups is 1. The molecule has 0 aliphatic rings. The fourth-order valence-electron chi connectivity index (χ4n) is 1.09. The number of aliphatic hydroxyl groups excluding tert-OH is 1. The molecule has 0 spiro atoms.